The molecule has 1 aliphatic rings. The molecule has 0 aliphatic carbocycles. The van der Waals surface area contributed by atoms with Crippen LogP contribution in [0, 0.1) is 5.82 Å². The van der Waals surface area contributed by atoms with Crippen molar-refractivity contribution in [3.05, 3.63) is 112 Å². The van der Waals surface area contributed by atoms with Gasteiger partial charge in [-0.3, -0.25) is 0 Å². The number of nitrogens with zero attached hydrogens (tertiary/aromatic N) is 1. The van der Waals surface area contributed by atoms with E-state index in [1.807, 2.05) is 35.2 Å². The van der Waals surface area contributed by atoms with Gasteiger partial charge in [-0.25, -0.2) is 4.39 Å². The first-order valence-electron chi connectivity index (χ1n) is 11.3. The van der Waals surface area contributed by atoms with Crippen LogP contribution in [-0.4, -0.2) is 18.1 Å². The maximum absolute atomic E-state index is 13.6. The van der Waals surface area contributed by atoms with Gasteiger partial charge in [0, 0.05) is 12.1 Å². The van der Waals surface area contributed by atoms with Crippen molar-refractivity contribution in [1.82, 2.24) is 4.90 Å². The molecule has 0 saturated carbocycles. The molecule has 0 spiro atoms. The normalized spacial score (nSPS) is 15.4. The van der Waals surface area contributed by atoms with Gasteiger partial charge in [0.25, 0.3) is 0 Å². The number of halogens is 7. The van der Waals surface area contributed by atoms with Crippen molar-refractivity contribution in [3.8, 4) is 0 Å². The third-order valence-corrected chi connectivity index (χ3v) is 5.80. The van der Waals surface area contributed by atoms with Gasteiger partial charge in [0.05, 0.1) is 17.7 Å². The van der Waals surface area contributed by atoms with Crippen molar-refractivity contribution >= 4 is 5.70 Å². The summed E-state index contributed by atoms with van der Waals surface area (Å²) < 4.78 is 105. The minimum Gasteiger partial charge on any atom is -0.462 e. The Balaban J connectivity index is 1.74. The third kappa shape index (κ3) is 6.36. The lowest BCUT2D eigenvalue weighted by molar-refractivity contribution is -0.143. The molecule has 3 nitrogen and oxygen atoms in total. The molecule has 1 atom stereocenters. The average molecular weight is 525 g/mol. The Bertz CT molecular complexity index is 1220. The van der Waals surface area contributed by atoms with Crippen LogP contribution in [0.3, 0.4) is 0 Å². The smallest absolute Gasteiger partial charge is 0.416 e. The molecular formula is C27H22F7NO2. The van der Waals surface area contributed by atoms with Crippen molar-refractivity contribution in [2.45, 2.75) is 31.9 Å². The predicted molar refractivity (Wildman–Crippen MR) is 122 cm³/mol. The molecule has 0 fully saturated rings. The summed E-state index contributed by atoms with van der Waals surface area (Å²) in [5.41, 5.74) is -1.32. The predicted octanol–water partition coefficient (Wildman–Crippen LogP) is 7.80. The molecule has 0 bridgehead atoms. The van der Waals surface area contributed by atoms with Gasteiger partial charge in [0.15, 0.2) is 0 Å². The summed E-state index contributed by atoms with van der Waals surface area (Å²) in [6.45, 7) is 2.34. The van der Waals surface area contributed by atoms with E-state index in [-0.39, 0.29) is 24.2 Å². The number of hydrogen-bond acceptors (Lipinski definition) is 3. The van der Waals surface area contributed by atoms with Crippen molar-refractivity contribution in [2.24, 2.45) is 0 Å². The third-order valence-electron chi connectivity index (χ3n) is 5.80. The Hall–Kier alpha value is -3.69. The highest BCUT2D eigenvalue weighted by Crippen LogP contribution is 2.39. The summed E-state index contributed by atoms with van der Waals surface area (Å²) >= 11 is 0. The molecule has 1 aliphatic heterocycles. The molecule has 10 heteroatoms. The Morgan fingerprint density at radius 2 is 1.46 bits per heavy atom. The van der Waals surface area contributed by atoms with Crippen LogP contribution in [0.5, 0.6) is 0 Å². The van der Waals surface area contributed by atoms with Gasteiger partial charge in [-0.1, -0.05) is 30.3 Å². The molecule has 0 radical (unpaired) electrons. The minimum atomic E-state index is -4.98. The van der Waals surface area contributed by atoms with Crippen molar-refractivity contribution < 1.29 is 40.2 Å². The molecule has 4 rings (SSSR count). The number of benzene rings is 3. The Morgan fingerprint density at radius 3 is 2.03 bits per heavy atom. The fourth-order valence-corrected chi connectivity index (χ4v) is 3.96. The Kier molecular flexibility index (Phi) is 7.38. The second-order valence-electron chi connectivity index (χ2n) is 8.50. The van der Waals surface area contributed by atoms with Gasteiger partial charge < -0.3 is 14.4 Å². The second kappa shape index (κ2) is 10.4. The van der Waals surface area contributed by atoms with Crippen LogP contribution in [0.4, 0.5) is 30.7 Å². The van der Waals surface area contributed by atoms with E-state index in [4.69, 9.17) is 9.47 Å². The molecule has 0 aromatic heterocycles. The van der Waals surface area contributed by atoms with Gasteiger partial charge >= 0.3 is 18.3 Å². The van der Waals surface area contributed by atoms with Crippen molar-refractivity contribution in [1.29, 1.82) is 0 Å². The zero-order chi connectivity index (χ0) is 26.8. The van der Waals surface area contributed by atoms with Crippen LogP contribution >= 0.6 is 0 Å². The highest BCUT2D eigenvalue weighted by molar-refractivity contribution is 5.65. The quantitative estimate of drug-likeness (QED) is 0.307. The highest BCUT2D eigenvalue weighted by atomic mass is 19.4. The molecule has 3 aromatic carbocycles. The lowest BCUT2D eigenvalue weighted by Crippen LogP contribution is -2.32. The van der Waals surface area contributed by atoms with Gasteiger partial charge in [0.1, 0.15) is 24.2 Å². The van der Waals surface area contributed by atoms with E-state index in [9.17, 15) is 30.7 Å². The fraction of sp³-hybridized carbons (Fsp3) is 0.259. The molecule has 0 unspecified atom stereocenters. The first-order valence-corrected chi connectivity index (χ1v) is 11.3. The summed E-state index contributed by atoms with van der Waals surface area (Å²) in [4.78, 5) is 1.90. The summed E-state index contributed by atoms with van der Waals surface area (Å²) in [5.74, 6) is -0.553. The monoisotopic (exact) mass is 525 g/mol. The molecular weight excluding hydrogens is 503 g/mol. The maximum Gasteiger partial charge on any atom is 0.416 e. The van der Waals surface area contributed by atoms with E-state index >= 15 is 0 Å². The summed E-state index contributed by atoms with van der Waals surface area (Å²) in [6, 6.07) is 16.2. The zero-order valence-corrected chi connectivity index (χ0v) is 19.5. The van der Waals surface area contributed by atoms with Crippen LogP contribution < -0.4 is 0 Å². The SMILES string of the molecule is C[C@@H](OC1=C(c2ccc(F)cc2)N(Cc2ccccc2)CCO1)c1cc(C(F)(F)F)cc(C(F)(F)F)c1. The average Bonchev–Trinajstić information content (AvgIpc) is 2.84. The first-order chi connectivity index (χ1) is 17.4. The van der Waals surface area contributed by atoms with E-state index in [2.05, 4.69) is 0 Å². The number of alkyl halides is 6. The summed E-state index contributed by atoms with van der Waals surface area (Å²) in [5, 5.41) is 0. The van der Waals surface area contributed by atoms with Crippen LogP contribution in [-0.2, 0) is 28.4 Å². The molecule has 196 valence electrons. The molecule has 37 heavy (non-hydrogen) atoms. The van der Waals surface area contributed by atoms with E-state index in [0.717, 1.165) is 5.56 Å². The molecule has 3 aromatic rings. The van der Waals surface area contributed by atoms with Gasteiger partial charge in [-0.05, 0) is 60.5 Å². The lowest BCUT2D eigenvalue weighted by Gasteiger charge is -2.34. The second-order valence-corrected chi connectivity index (χ2v) is 8.50. The molecule has 0 saturated heterocycles. The fourth-order valence-electron chi connectivity index (χ4n) is 3.96. The largest absolute Gasteiger partial charge is 0.462 e. The summed E-state index contributed by atoms with van der Waals surface area (Å²) in [7, 11) is 0. The minimum absolute atomic E-state index is 0.0676. The van der Waals surface area contributed by atoms with Crippen LogP contribution in [0.2, 0.25) is 0 Å². The van der Waals surface area contributed by atoms with Gasteiger partial charge in [0.2, 0.25) is 0 Å². The summed E-state index contributed by atoms with van der Waals surface area (Å²) in [6.07, 6.45) is -11.2. The van der Waals surface area contributed by atoms with Crippen LogP contribution in [0.25, 0.3) is 5.70 Å². The number of rotatable bonds is 6. The Morgan fingerprint density at radius 1 is 0.865 bits per heavy atom. The maximum atomic E-state index is 13.6. The lowest BCUT2D eigenvalue weighted by atomic mass is 10.0. The molecule has 0 N–H and O–H groups in total. The topological polar surface area (TPSA) is 21.7 Å². The highest BCUT2D eigenvalue weighted by Gasteiger charge is 2.38. The molecule has 1 heterocycles. The van der Waals surface area contributed by atoms with Crippen molar-refractivity contribution in [2.75, 3.05) is 13.2 Å². The van der Waals surface area contributed by atoms with E-state index in [1.54, 1.807) is 0 Å². The first kappa shape index (κ1) is 26.4. The van der Waals surface area contributed by atoms with Crippen LogP contribution in [0.1, 0.15) is 40.8 Å². The Labute approximate surface area is 208 Å². The van der Waals surface area contributed by atoms with E-state index < -0.39 is 35.4 Å². The van der Waals surface area contributed by atoms with Gasteiger partial charge in [-0.2, -0.15) is 26.3 Å². The zero-order valence-electron chi connectivity index (χ0n) is 19.5. The van der Waals surface area contributed by atoms with E-state index in [1.165, 1.54) is 31.2 Å². The van der Waals surface area contributed by atoms with Gasteiger partial charge in [-0.15, -0.1) is 0 Å². The van der Waals surface area contributed by atoms with Crippen LogP contribution in [0.15, 0.2) is 78.7 Å². The number of hydrogen-bond donors (Lipinski definition) is 0. The molecule has 0 amide bonds. The standard InChI is InChI=1S/C27H22F7NO2/c1-17(20-13-21(26(29,30)31)15-22(14-20)27(32,33)34)37-25-24(19-7-9-23(28)10-8-19)35(11-12-36-25)16-18-5-3-2-4-6-18/h2-10,13-15,17H,11-12,16H2,1H3/t17-/m1/s1. The van der Waals surface area contributed by atoms with Crippen molar-refractivity contribution in [3.63, 3.8) is 0 Å². The van der Waals surface area contributed by atoms with E-state index in [0.29, 0.717) is 36.5 Å². The number of ether oxygens (including phenoxy) is 2.